The van der Waals surface area contributed by atoms with Crippen LogP contribution in [0.15, 0.2) is 60.8 Å². The second-order valence-corrected chi connectivity index (χ2v) is 17.3. The van der Waals surface area contributed by atoms with Crippen LogP contribution < -0.4 is 0 Å². The number of ether oxygens (including phenoxy) is 4. The molecule has 1 aliphatic rings. The molecule has 11 heteroatoms. The van der Waals surface area contributed by atoms with Crippen LogP contribution in [0, 0.1) is 0 Å². The molecule has 368 valence electrons. The molecule has 6 unspecified atom stereocenters. The molecule has 1 saturated heterocycles. The van der Waals surface area contributed by atoms with E-state index in [1.165, 1.54) is 89.9 Å². The second kappa shape index (κ2) is 42.5. The van der Waals surface area contributed by atoms with Crippen LogP contribution in [-0.4, -0.2) is 88.4 Å². The fourth-order valence-corrected chi connectivity index (χ4v) is 7.39. The molecule has 1 fully saturated rings. The zero-order valence-electron chi connectivity index (χ0n) is 40.0. The lowest BCUT2D eigenvalue weighted by Crippen LogP contribution is -2.60. The SMILES string of the molecule is CC/C=C\C/C=C\C/C=C\CCCCCCCC(=O)OCC(COC1OC(C(=O)O)C(O)C(O)C1O)OC(=O)CCCCCCCCCCCCC/C=C\C/C=C\CCCCCCC. The molecule has 0 aromatic heterocycles. The lowest BCUT2D eigenvalue weighted by molar-refractivity contribution is -0.298. The summed E-state index contributed by atoms with van der Waals surface area (Å²) in [4.78, 5) is 37.0. The van der Waals surface area contributed by atoms with Crippen molar-refractivity contribution in [2.75, 3.05) is 13.2 Å². The van der Waals surface area contributed by atoms with Gasteiger partial charge in [0, 0.05) is 12.8 Å². The molecule has 0 aromatic carbocycles. The van der Waals surface area contributed by atoms with E-state index in [9.17, 15) is 34.8 Å². The summed E-state index contributed by atoms with van der Waals surface area (Å²) in [6.07, 6.45) is 44.1. The molecule has 1 aliphatic heterocycles. The van der Waals surface area contributed by atoms with Gasteiger partial charge in [0.1, 0.15) is 24.9 Å². The first-order valence-corrected chi connectivity index (χ1v) is 25.3. The number of rotatable bonds is 42. The zero-order chi connectivity index (χ0) is 46.7. The highest BCUT2D eigenvalue weighted by molar-refractivity contribution is 5.73. The number of carbonyl (C=O) groups excluding carboxylic acids is 2. The van der Waals surface area contributed by atoms with Gasteiger partial charge >= 0.3 is 17.9 Å². The minimum Gasteiger partial charge on any atom is -0.479 e. The van der Waals surface area contributed by atoms with Gasteiger partial charge in [-0.2, -0.15) is 0 Å². The topological polar surface area (TPSA) is 169 Å². The minimum absolute atomic E-state index is 0.174. The summed E-state index contributed by atoms with van der Waals surface area (Å²) in [7, 11) is 0. The number of unbranched alkanes of at least 4 members (excludes halogenated alkanes) is 21. The lowest BCUT2D eigenvalue weighted by atomic mass is 9.99. The molecule has 1 rings (SSSR count). The number of esters is 2. The van der Waals surface area contributed by atoms with Crippen LogP contribution in [0.2, 0.25) is 0 Å². The van der Waals surface area contributed by atoms with Gasteiger partial charge in [-0.3, -0.25) is 9.59 Å². The Morgan fingerprint density at radius 2 is 0.922 bits per heavy atom. The Hall–Kier alpha value is -3.09. The van der Waals surface area contributed by atoms with Crippen LogP contribution in [-0.2, 0) is 33.3 Å². The van der Waals surface area contributed by atoms with Crippen molar-refractivity contribution in [3.05, 3.63) is 60.8 Å². The smallest absolute Gasteiger partial charge is 0.335 e. The van der Waals surface area contributed by atoms with Gasteiger partial charge in [0.25, 0.3) is 0 Å². The summed E-state index contributed by atoms with van der Waals surface area (Å²) in [5, 5.41) is 39.9. The Labute approximate surface area is 387 Å². The number of aliphatic hydroxyl groups is 3. The number of aliphatic hydroxyl groups excluding tert-OH is 3. The first-order chi connectivity index (χ1) is 31.2. The van der Waals surface area contributed by atoms with E-state index >= 15 is 0 Å². The molecule has 0 radical (unpaired) electrons. The van der Waals surface area contributed by atoms with Crippen molar-refractivity contribution in [1.29, 1.82) is 0 Å². The second-order valence-electron chi connectivity index (χ2n) is 17.3. The average Bonchev–Trinajstić information content (AvgIpc) is 3.28. The van der Waals surface area contributed by atoms with Gasteiger partial charge in [-0.25, -0.2) is 4.79 Å². The lowest BCUT2D eigenvalue weighted by Gasteiger charge is -2.38. The molecule has 0 amide bonds. The molecule has 0 bridgehead atoms. The van der Waals surface area contributed by atoms with Gasteiger partial charge < -0.3 is 39.4 Å². The van der Waals surface area contributed by atoms with E-state index in [4.69, 9.17) is 18.9 Å². The maximum atomic E-state index is 12.8. The summed E-state index contributed by atoms with van der Waals surface area (Å²) < 4.78 is 21.8. The first-order valence-electron chi connectivity index (χ1n) is 25.3. The number of carboxylic acids is 1. The van der Waals surface area contributed by atoms with Crippen LogP contribution in [0.1, 0.15) is 206 Å². The van der Waals surface area contributed by atoms with Crippen LogP contribution >= 0.6 is 0 Å². The van der Waals surface area contributed by atoms with Crippen LogP contribution in [0.5, 0.6) is 0 Å². The zero-order valence-corrected chi connectivity index (χ0v) is 40.0. The molecule has 4 N–H and O–H groups in total. The average molecular weight is 903 g/mol. The van der Waals surface area contributed by atoms with E-state index < -0.39 is 61.3 Å². The van der Waals surface area contributed by atoms with Crippen molar-refractivity contribution >= 4 is 17.9 Å². The fraction of sp³-hybridized carbons (Fsp3) is 0.755. The highest BCUT2D eigenvalue weighted by Crippen LogP contribution is 2.23. The van der Waals surface area contributed by atoms with Crippen molar-refractivity contribution in [2.45, 2.75) is 243 Å². The Bertz CT molecular complexity index is 1290. The Morgan fingerprint density at radius 3 is 1.39 bits per heavy atom. The highest BCUT2D eigenvalue weighted by Gasteiger charge is 2.47. The largest absolute Gasteiger partial charge is 0.479 e. The normalized spacial score (nSPS) is 19.8. The van der Waals surface area contributed by atoms with Crippen molar-refractivity contribution in [3.8, 4) is 0 Å². The Morgan fingerprint density at radius 1 is 0.500 bits per heavy atom. The summed E-state index contributed by atoms with van der Waals surface area (Å²) >= 11 is 0. The molecule has 1 heterocycles. The van der Waals surface area contributed by atoms with Gasteiger partial charge in [-0.05, 0) is 77.0 Å². The van der Waals surface area contributed by atoms with Gasteiger partial charge in [-0.1, -0.05) is 177 Å². The molecule has 0 aromatic rings. The quantitative estimate of drug-likeness (QED) is 0.0261. The van der Waals surface area contributed by atoms with E-state index in [0.29, 0.717) is 12.8 Å². The van der Waals surface area contributed by atoms with Gasteiger partial charge in [0.05, 0.1) is 6.61 Å². The minimum atomic E-state index is -1.87. The van der Waals surface area contributed by atoms with Crippen LogP contribution in [0.4, 0.5) is 0 Å². The third-order valence-electron chi connectivity index (χ3n) is 11.4. The summed E-state index contributed by atoms with van der Waals surface area (Å²) in [5.74, 6) is -2.47. The third kappa shape index (κ3) is 33.4. The summed E-state index contributed by atoms with van der Waals surface area (Å²) in [6, 6.07) is 0. The number of carbonyl (C=O) groups is 3. The maximum absolute atomic E-state index is 12.8. The molecular formula is C53H90O11. The van der Waals surface area contributed by atoms with E-state index in [-0.39, 0.29) is 19.4 Å². The van der Waals surface area contributed by atoms with Gasteiger partial charge in [0.15, 0.2) is 18.5 Å². The number of allylic oxidation sites excluding steroid dienone is 10. The highest BCUT2D eigenvalue weighted by atomic mass is 16.7. The number of hydrogen-bond acceptors (Lipinski definition) is 10. The third-order valence-corrected chi connectivity index (χ3v) is 11.4. The monoisotopic (exact) mass is 903 g/mol. The molecule has 0 saturated carbocycles. The molecule has 64 heavy (non-hydrogen) atoms. The van der Waals surface area contributed by atoms with Crippen molar-refractivity contribution in [3.63, 3.8) is 0 Å². The van der Waals surface area contributed by atoms with E-state index in [2.05, 4.69) is 74.6 Å². The van der Waals surface area contributed by atoms with Crippen molar-refractivity contribution in [1.82, 2.24) is 0 Å². The predicted molar refractivity (Wildman–Crippen MR) is 257 cm³/mol. The van der Waals surface area contributed by atoms with Gasteiger partial charge in [-0.15, -0.1) is 0 Å². The first kappa shape index (κ1) is 58.9. The molecule has 6 atom stereocenters. The molecular weight excluding hydrogens is 813 g/mol. The van der Waals surface area contributed by atoms with Crippen molar-refractivity contribution in [2.24, 2.45) is 0 Å². The van der Waals surface area contributed by atoms with Crippen LogP contribution in [0.25, 0.3) is 0 Å². The van der Waals surface area contributed by atoms with Gasteiger partial charge in [0.2, 0.25) is 0 Å². The standard InChI is InChI=1S/C53H90O11/c1-3-5-7-9-11-13-15-17-19-20-21-22-23-24-25-26-28-30-32-34-36-38-40-42-47(55)63-45(44-62-53-50(58)48(56)49(57)51(64-53)52(59)60)43-61-46(54)41-39-37-35-33-31-29-27-18-16-14-12-10-8-6-4-2/h6,8,12,14-15,17-18,20-21,27,45,48-51,53,56-58H,3-5,7,9-11,13,16,19,22-26,28-44H2,1-2H3,(H,59,60)/b8-6-,14-12-,17-15-,21-20-,27-18-. The molecule has 0 aliphatic carbocycles. The number of carboxylic acid groups (broad SMARTS) is 1. The summed E-state index contributed by atoms with van der Waals surface area (Å²) in [5.41, 5.74) is 0. The van der Waals surface area contributed by atoms with Crippen LogP contribution in [0.3, 0.4) is 0 Å². The number of hydrogen-bond donors (Lipinski definition) is 4. The Kier molecular flexibility index (Phi) is 39.2. The van der Waals surface area contributed by atoms with E-state index in [0.717, 1.165) is 77.0 Å². The maximum Gasteiger partial charge on any atom is 0.335 e. The number of aliphatic carboxylic acids is 1. The fourth-order valence-electron chi connectivity index (χ4n) is 7.39. The predicted octanol–water partition coefficient (Wildman–Crippen LogP) is 11.9. The van der Waals surface area contributed by atoms with E-state index in [1.54, 1.807) is 0 Å². The van der Waals surface area contributed by atoms with E-state index in [1.807, 2.05) is 0 Å². The molecule has 11 nitrogen and oxygen atoms in total. The van der Waals surface area contributed by atoms with Crippen molar-refractivity contribution < 1.29 is 53.8 Å². The summed E-state index contributed by atoms with van der Waals surface area (Å²) in [6.45, 7) is 3.69. The molecule has 0 spiro atoms. The Balaban J connectivity index is 2.30.